The van der Waals surface area contributed by atoms with Crippen LogP contribution in [0.4, 0.5) is 0 Å². The summed E-state index contributed by atoms with van der Waals surface area (Å²) >= 11 is 1.60. The van der Waals surface area contributed by atoms with Crippen molar-refractivity contribution in [3.63, 3.8) is 0 Å². The predicted octanol–water partition coefficient (Wildman–Crippen LogP) is 2.37. The van der Waals surface area contributed by atoms with Gasteiger partial charge in [0, 0.05) is 23.8 Å². The van der Waals surface area contributed by atoms with E-state index in [0.29, 0.717) is 19.5 Å². The maximum absolute atomic E-state index is 11.8. The zero-order chi connectivity index (χ0) is 15.2. The molecule has 22 heavy (non-hydrogen) atoms. The summed E-state index contributed by atoms with van der Waals surface area (Å²) in [5, 5.41) is 9.35. The highest BCUT2D eigenvalue weighted by Crippen LogP contribution is 2.12. The van der Waals surface area contributed by atoms with E-state index < -0.39 is 0 Å². The molecule has 3 rings (SSSR count). The predicted molar refractivity (Wildman–Crippen MR) is 86.5 cm³/mol. The number of nitrogens with zero attached hydrogens (tertiary/aromatic N) is 3. The summed E-state index contributed by atoms with van der Waals surface area (Å²) in [6.45, 7) is 1.20. The summed E-state index contributed by atoms with van der Waals surface area (Å²) in [7, 11) is 0. The SMILES string of the molecule is O=C(Cc1cccs1)NCCn1ccc(-c2ccccn2)n1. The number of hydrogen-bond donors (Lipinski definition) is 1. The van der Waals surface area contributed by atoms with E-state index in [4.69, 9.17) is 0 Å². The molecule has 0 saturated carbocycles. The van der Waals surface area contributed by atoms with Gasteiger partial charge in [0.25, 0.3) is 0 Å². The third-order valence-electron chi connectivity index (χ3n) is 3.15. The minimum absolute atomic E-state index is 0.0413. The first kappa shape index (κ1) is 14.5. The summed E-state index contributed by atoms with van der Waals surface area (Å²) in [5.74, 6) is 0.0413. The maximum atomic E-state index is 11.8. The zero-order valence-corrected chi connectivity index (χ0v) is 12.8. The molecule has 5 nitrogen and oxygen atoms in total. The van der Waals surface area contributed by atoms with Crippen molar-refractivity contribution < 1.29 is 4.79 Å². The minimum Gasteiger partial charge on any atom is -0.354 e. The highest BCUT2D eigenvalue weighted by molar-refractivity contribution is 7.10. The van der Waals surface area contributed by atoms with Crippen LogP contribution in [0.25, 0.3) is 11.4 Å². The molecule has 3 heterocycles. The van der Waals surface area contributed by atoms with Crippen LogP contribution < -0.4 is 5.32 Å². The van der Waals surface area contributed by atoms with Gasteiger partial charge in [-0.1, -0.05) is 12.1 Å². The molecule has 0 saturated heterocycles. The Bertz CT molecular complexity index is 722. The van der Waals surface area contributed by atoms with Crippen molar-refractivity contribution in [3.8, 4) is 11.4 Å². The van der Waals surface area contributed by atoms with Crippen LogP contribution in [-0.2, 0) is 17.8 Å². The van der Waals surface area contributed by atoms with Crippen LogP contribution in [0.15, 0.2) is 54.2 Å². The summed E-state index contributed by atoms with van der Waals surface area (Å²) in [5.41, 5.74) is 1.69. The van der Waals surface area contributed by atoms with E-state index in [9.17, 15) is 4.79 Å². The van der Waals surface area contributed by atoms with Gasteiger partial charge in [0.15, 0.2) is 0 Å². The summed E-state index contributed by atoms with van der Waals surface area (Å²) in [4.78, 5) is 17.1. The molecule has 3 aromatic rings. The Morgan fingerprint density at radius 3 is 2.91 bits per heavy atom. The van der Waals surface area contributed by atoms with Crippen LogP contribution in [0.1, 0.15) is 4.88 Å². The van der Waals surface area contributed by atoms with Gasteiger partial charge < -0.3 is 5.32 Å². The lowest BCUT2D eigenvalue weighted by Crippen LogP contribution is -2.28. The van der Waals surface area contributed by atoms with Crippen LogP contribution in [0.5, 0.6) is 0 Å². The van der Waals surface area contributed by atoms with Crippen LogP contribution in [0.2, 0.25) is 0 Å². The lowest BCUT2D eigenvalue weighted by Gasteiger charge is -2.04. The van der Waals surface area contributed by atoms with E-state index in [0.717, 1.165) is 16.3 Å². The molecule has 0 unspecified atom stereocenters. The van der Waals surface area contributed by atoms with Gasteiger partial charge in [-0.05, 0) is 29.6 Å². The summed E-state index contributed by atoms with van der Waals surface area (Å²) in [6.07, 6.45) is 4.09. The van der Waals surface area contributed by atoms with E-state index in [1.165, 1.54) is 0 Å². The van der Waals surface area contributed by atoms with Crippen molar-refractivity contribution in [1.82, 2.24) is 20.1 Å². The average molecular weight is 312 g/mol. The molecule has 0 spiro atoms. The van der Waals surface area contributed by atoms with Gasteiger partial charge >= 0.3 is 0 Å². The number of amides is 1. The third kappa shape index (κ3) is 3.79. The fourth-order valence-corrected chi connectivity index (χ4v) is 2.78. The van der Waals surface area contributed by atoms with E-state index in [-0.39, 0.29) is 5.91 Å². The van der Waals surface area contributed by atoms with Crippen LogP contribution in [0, 0.1) is 0 Å². The van der Waals surface area contributed by atoms with Gasteiger partial charge in [0.05, 0.1) is 18.7 Å². The maximum Gasteiger partial charge on any atom is 0.225 e. The smallest absolute Gasteiger partial charge is 0.225 e. The normalized spacial score (nSPS) is 10.5. The molecule has 3 aromatic heterocycles. The highest BCUT2D eigenvalue weighted by atomic mass is 32.1. The number of rotatable bonds is 6. The summed E-state index contributed by atoms with van der Waals surface area (Å²) < 4.78 is 1.81. The van der Waals surface area contributed by atoms with E-state index >= 15 is 0 Å². The van der Waals surface area contributed by atoms with Crippen molar-refractivity contribution in [3.05, 3.63) is 59.0 Å². The van der Waals surface area contributed by atoms with Gasteiger partial charge in [0.2, 0.25) is 5.91 Å². The van der Waals surface area contributed by atoms with Crippen molar-refractivity contribution in [1.29, 1.82) is 0 Å². The Balaban J connectivity index is 1.48. The van der Waals surface area contributed by atoms with Gasteiger partial charge in [-0.25, -0.2) is 0 Å². The van der Waals surface area contributed by atoms with Crippen molar-refractivity contribution in [2.75, 3.05) is 6.54 Å². The average Bonchev–Trinajstić information content (AvgIpc) is 3.20. The Morgan fingerprint density at radius 1 is 1.18 bits per heavy atom. The molecule has 0 aliphatic heterocycles. The first-order valence-electron chi connectivity index (χ1n) is 7.05. The van der Waals surface area contributed by atoms with Crippen LogP contribution in [-0.4, -0.2) is 27.2 Å². The standard InChI is InChI=1S/C16H16N4OS/c21-16(12-13-4-3-11-22-13)18-8-10-20-9-6-15(19-20)14-5-1-2-7-17-14/h1-7,9,11H,8,10,12H2,(H,18,21). The Labute approximate surface area is 132 Å². The molecule has 0 aliphatic carbocycles. The minimum atomic E-state index is 0.0413. The molecule has 0 aromatic carbocycles. The van der Waals surface area contributed by atoms with Crippen LogP contribution >= 0.6 is 11.3 Å². The molecule has 112 valence electrons. The molecule has 1 N–H and O–H groups in total. The fraction of sp³-hybridized carbons (Fsp3) is 0.188. The van der Waals surface area contributed by atoms with E-state index in [1.54, 1.807) is 17.5 Å². The number of nitrogens with one attached hydrogen (secondary N) is 1. The zero-order valence-electron chi connectivity index (χ0n) is 12.0. The fourth-order valence-electron chi connectivity index (χ4n) is 2.08. The number of thiophene rings is 1. The molecule has 1 amide bonds. The Kier molecular flexibility index (Phi) is 4.60. The van der Waals surface area contributed by atoms with Crippen molar-refractivity contribution in [2.45, 2.75) is 13.0 Å². The molecular formula is C16H16N4OS. The van der Waals surface area contributed by atoms with Gasteiger partial charge in [-0.15, -0.1) is 11.3 Å². The molecule has 6 heteroatoms. The summed E-state index contributed by atoms with van der Waals surface area (Å²) in [6, 6.07) is 11.6. The molecular weight excluding hydrogens is 296 g/mol. The largest absolute Gasteiger partial charge is 0.354 e. The Morgan fingerprint density at radius 2 is 2.14 bits per heavy atom. The van der Waals surface area contributed by atoms with Crippen molar-refractivity contribution in [2.24, 2.45) is 0 Å². The quantitative estimate of drug-likeness (QED) is 0.760. The van der Waals surface area contributed by atoms with E-state index in [1.807, 2.05) is 52.7 Å². The van der Waals surface area contributed by atoms with Gasteiger partial charge in [-0.2, -0.15) is 5.10 Å². The highest BCUT2D eigenvalue weighted by Gasteiger charge is 2.05. The number of carbonyl (C=O) groups is 1. The second-order valence-electron chi connectivity index (χ2n) is 4.79. The third-order valence-corrected chi connectivity index (χ3v) is 4.02. The molecule has 0 atom stereocenters. The second kappa shape index (κ2) is 7.00. The first-order valence-corrected chi connectivity index (χ1v) is 7.93. The first-order chi connectivity index (χ1) is 10.8. The van der Waals surface area contributed by atoms with Gasteiger partial charge in [0.1, 0.15) is 5.69 Å². The Hall–Kier alpha value is -2.47. The van der Waals surface area contributed by atoms with Crippen LogP contribution in [0.3, 0.4) is 0 Å². The van der Waals surface area contributed by atoms with E-state index in [2.05, 4.69) is 15.4 Å². The number of aromatic nitrogens is 3. The van der Waals surface area contributed by atoms with Gasteiger partial charge in [-0.3, -0.25) is 14.5 Å². The number of pyridine rings is 1. The molecule has 0 radical (unpaired) electrons. The monoisotopic (exact) mass is 312 g/mol. The number of carbonyl (C=O) groups excluding carboxylic acids is 1. The van der Waals surface area contributed by atoms with Crippen molar-refractivity contribution >= 4 is 17.2 Å². The second-order valence-corrected chi connectivity index (χ2v) is 5.82. The number of hydrogen-bond acceptors (Lipinski definition) is 4. The lowest BCUT2D eigenvalue weighted by molar-refractivity contribution is -0.120. The topological polar surface area (TPSA) is 59.8 Å². The molecule has 0 fully saturated rings. The lowest BCUT2D eigenvalue weighted by atomic mass is 10.3. The molecule has 0 bridgehead atoms. The molecule has 0 aliphatic rings.